The van der Waals surface area contributed by atoms with Crippen LogP contribution in [0.2, 0.25) is 0 Å². The minimum absolute atomic E-state index is 0. The largest absolute Gasteiger partial charge is 0.491 e. The molecule has 0 atom stereocenters. The van der Waals surface area contributed by atoms with E-state index in [1.165, 1.54) is 0 Å². The number of hydrogen-bond donors (Lipinski definition) is 2. The fourth-order valence-electron chi connectivity index (χ4n) is 2.64. The Morgan fingerprint density at radius 2 is 1.84 bits per heavy atom. The average Bonchev–Trinajstić information content (AvgIpc) is 2.72. The first-order chi connectivity index (χ1) is 14.6. The van der Waals surface area contributed by atoms with Gasteiger partial charge in [-0.25, -0.2) is 4.99 Å². The fourth-order valence-corrected chi connectivity index (χ4v) is 2.64. The maximum atomic E-state index is 5.71. The molecular weight excluding hydrogens is 507 g/mol. The average molecular weight is 542 g/mol. The first-order valence-electron chi connectivity index (χ1n) is 10.4. The number of nitrogens with zero attached hydrogens (tertiary/aromatic N) is 2. The van der Waals surface area contributed by atoms with E-state index in [4.69, 9.17) is 14.2 Å². The molecule has 2 aromatic rings. The van der Waals surface area contributed by atoms with Gasteiger partial charge in [0.15, 0.2) is 5.96 Å². The van der Waals surface area contributed by atoms with Crippen molar-refractivity contribution in [3.05, 3.63) is 53.9 Å². The second-order valence-corrected chi connectivity index (χ2v) is 7.14. The zero-order valence-corrected chi connectivity index (χ0v) is 21.2. The van der Waals surface area contributed by atoms with Crippen molar-refractivity contribution in [2.75, 3.05) is 38.8 Å². The lowest BCUT2D eigenvalue weighted by atomic mass is 10.3. The molecule has 0 saturated heterocycles. The molecule has 31 heavy (non-hydrogen) atoms. The van der Waals surface area contributed by atoms with E-state index in [9.17, 15) is 0 Å². The SMILES string of the molecule is COCCOCCCNC(=NCc1cccc(C)n1)Nc1ccc(OC(C)C)cc1.I. The van der Waals surface area contributed by atoms with E-state index in [1.54, 1.807) is 7.11 Å². The Morgan fingerprint density at radius 1 is 1.06 bits per heavy atom. The smallest absolute Gasteiger partial charge is 0.196 e. The molecule has 1 aromatic carbocycles. The third-order valence-electron chi connectivity index (χ3n) is 4.02. The van der Waals surface area contributed by atoms with E-state index >= 15 is 0 Å². The highest BCUT2D eigenvalue weighted by atomic mass is 127. The third-order valence-corrected chi connectivity index (χ3v) is 4.02. The van der Waals surface area contributed by atoms with Gasteiger partial charge >= 0.3 is 0 Å². The number of halogens is 1. The molecule has 0 aliphatic heterocycles. The Kier molecular flexibility index (Phi) is 13.8. The van der Waals surface area contributed by atoms with Gasteiger partial charge in [-0.2, -0.15) is 0 Å². The summed E-state index contributed by atoms with van der Waals surface area (Å²) in [5.41, 5.74) is 2.85. The van der Waals surface area contributed by atoms with Crippen LogP contribution in [-0.2, 0) is 16.0 Å². The molecule has 0 aliphatic rings. The van der Waals surface area contributed by atoms with Gasteiger partial charge in [0.05, 0.1) is 31.6 Å². The van der Waals surface area contributed by atoms with Crippen LogP contribution < -0.4 is 15.4 Å². The van der Waals surface area contributed by atoms with E-state index in [0.29, 0.717) is 32.3 Å². The fraction of sp³-hybridized carbons (Fsp3) is 0.478. The monoisotopic (exact) mass is 542 g/mol. The number of aryl methyl sites for hydroxylation is 1. The molecule has 0 unspecified atom stereocenters. The molecule has 0 radical (unpaired) electrons. The summed E-state index contributed by atoms with van der Waals surface area (Å²) in [5, 5.41) is 6.71. The molecule has 7 nitrogen and oxygen atoms in total. The van der Waals surface area contributed by atoms with Crippen molar-refractivity contribution in [3.8, 4) is 5.75 Å². The molecule has 2 N–H and O–H groups in total. The summed E-state index contributed by atoms with van der Waals surface area (Å²) in [6.45, 7) is 9.14. The van der Waals surface area contributed by atoms with Crippen LogP contribution in [0.1, 0.15) is 31.7 Å². The van der Waals surface area contributed by atoms with Gasteiger partial charge in [-0.05, 0) is 63.6 Å². The predicted octanol–water partition coefficient (Wildman–Crippen LogP) is 4.41. The molecule has 0 bridgehead atoms. The van der Waals surface area contributed by atoms with Crippen LogP contribution in [0, 0.1) is 6.92 Å². The summed E-state index contributed by atoms with van der Waals surface area (Å²) >= 11 is 0. The zero-order valence-electron chi connectivity index (χ0n) is 18.9. The first kappa shape index (κ1) is 27.1. The number of aliphatic imine (C=N–C) groups is 1. The molecule has 0 amide bonds. The number of pyridine rings is 1. The van der Waals surface area contributed by atoms with Crippen LogP contribution >= 0.6 is 24.0 Å². The molecule has 0 spiro atoms. The second kappa shape index (κ2) is 15.8. The summed E-state index contributed by atoms with van der Waals surface area (Å²) < 4.78 is 16.2. The number of methoxy groups -OCH3 is 1. The minimum atomic E-state index is 0. The number of rotatable bonds is 12. The Balaban J connectivity index is 0.00000480. The molecule has 1 aromatic heterocycles. The first-order valence-corrected chi connectivity index (χ1v) is 10.4. The lowest BCUT2D eigenvalue weighted by Gasteiger charge is -2.14. The van der Waals surface area contributed by atoms with Gasteiger partial charge < -0.3 is 24.8 Å². The summed E-state index contributed by atoms with van der Waals surface area (Å²) in [6, 6.07) is 13.8. The van der Waals surface area contributed by atoms with Crippen LogP contribution in [0.5, 0.6) is 5.75 Å². The van der Waals surface area contributed by atoms with Crippen molar-refractivity contribution >= 4 is 35.6 Å². The van der Waals surface area contributed by atoms with Gasteiger partial charge in [0.1, 0.15) is 5.75 Å². The Labute approximate surface area is 203 Å². The number of hydrogen-bond acceptors (Lipinski definition) is 5. The maximum Gasteiger partial charge on any atom is 0.196 e. The van der Waals surface area contributed by atoms with E-state index in [-0.39, 0.29) is 30.1 Å². The molecule has 2 rings (SSSR count). The van der Waals surface area contributed by atoms with E-state index in [2.05, 4.69) is 20.6 Å². The van der Waals surface area contributed by atoms with Gasteiger partial charge in [-0.1, -0.05) is 6.07 Å². The standard InChI is InChI=1S/C23H34N4O3.HI/c1-18(2)30-22-11-9-20(10-12-22)27-23(24-13-6-14-29-16-15-28-4)25-17-21-8-5-7-19(3)26-21;/h5,7-12,18H,6,13-17H2,1-4H3,(H2,24,25,27);1H. The molecule has 172 valence electrons. The van der Waals surface area contributed by atoms with E-state index < -0.39 is 0 Å². The Bertz CT molecular complexity index is 770. The molecular formula is C23H35IN4O3. The number of aromatic nitrogens is 1. The van der Waals surface area contributed by atoms with Crippen molar-refractivity contribution in [1.82, 2.24) is 10.3 Å². The van der Waals surface area contributed by atoms with Crippen LogP contribution in [-0.4, -0.2) is 50.5 Å². The molecule has 0 fully saturated rings. The molecule has 0 aliphatic carbocycles. The van der Waals surface area contributed by atoms with Crippen molar-refractivity contribution < 1.29 is 14.2 Å². The summed E-state index contributed by atoms with van der Waals surface area (Å²) in [4.78, 5) is 9.21. The highest BCUT2D eigenvalue weighted by molar-refractivity contribution is 14.0. The number of nitrogens with one attached hydrogen (secondary N) is 2. The van der Waals surface area contributed by atoms with Gasteiger partial charge in [0.25, 0.3) is 0 Å². The summed E-state index contributed by atoms with van der Waals surface area (Å²) in [6.07, 6.45) is 1.02. The molecule has 8 heteroatoms. The van der Waals surface area contributed by atoms with Crippen LogP contribution in [0.15, 0.2) is 47.5 Å². The van der Waals surface area contributed by atoms with Crippen LogP contribution in [0.4, 0.5) is 5.69 Å². The van der Waals surface area contributed by atoms with Gasteiger partial charge in [0, 0.05) is 31.6 Å². The van der Waals surface area contributed by atoms with E-state index in [0.717, 1.165) is 35.8 Å². The lowest BCUT2D eigenvalue weighted by molar-refractivity contribution is 0.0699. The topological polar surface area (TPSA) is 77.0 Å². The van der Waals surface area contributed by atoms with Gasteiger partial charge in [-0.3, -0.25) is 4.98 Å². The quantitative estimate of drug-likeness (QED) is 0.179. The highest BCUT2D eigenvalue weighted by Crippen LogP contribution is 2.17. The zero-order chi connectivity index (χ0) is 21.6. The van der Waals surface area contributed by atoms with Crippen molar-refractivity contribution in [2.45, 2.75) is 39.8 Å². The second-order valence-electron chi connectivity index (χ2n) is 7.14. The predicted molar refractivity (Wildman–Crippen MR) is 137 cm³/mol. The van der Waals surface area contributed by atoms with Crippen LogP contribution in [0.25, 0.3) is 0 Å². The summed E-state index contributed by atoms with van der Waals surface area (Å²) in [7, 11) is 1.67. The van der Waals surface area contributed by atoms with Crippen molar-refractivity contribution in [1.29, 1.82) is 0 Å². The van der Waals surface area contributed by atoms with Gasteiger partial charge in [-0.15, -0.1) is 24.0 Å². The number of anilines is 1. The lowest BCUT2D eigenvalue weighted by Crippen LogP contribution is -2.32. The van der Waals surface area contributed by atoms with Crippen molar-refractivity contribution in [2.24, 2.45) is 4.99 Å². The maximum absolute atomic E-state index is 5.71. The summed E-state index contributed by atoms with van der Waals surface area (Å²) in [5.74, 6) is 1.55. The molecule has 0 saturated carbocycles. The molecule has 1 heterocycles. The minimum Gasteiger partial charge on any atom is -0.491 e. The Morgan fingerprint density at radius 3 is 2.52 bits per heavy atom. The van der Waals surface area contributed by atoms with Crippen molar-refractivity contribution in [3.63, 3.8) is 0 Å². The Hall–Kier alpha value is -1.91. The van der Waals surface area contributed by atoms with E-state index in [1.807, 2.05) is 63.2 Å². The number of ether oxygens (including phenoxy) is 3. The number of benzene rings is 1. The third kappa shape index (κ3) is 11.9. The highest BCUT2D eigenvalue weighted by Gasteiger charge is 2.03. The number of guanidine groups is 1. The van der Waals surface area contributed by atoms with Crippen LogP contribution in [0.3, 0.4) is 0 Å². The van der Waals surface area contributed by atoms with Gasteiger partial charge in [0.2, 0.25) is 0 Å². The normalized spacial score (nSPS) is 11.2.